The molecule has 0 aliphatic carbocycles. The molecule has 0 spiro atoms. The van der Waals surface area contributed by atoms with Crippen molar-refractivity contribution in [3.63, 3.8) is 0 Å². The van der Waals surface area contributed by atoms with Gasteiger partial charge in [0.05, 0.1) is 0 Å². The molecule has 2 rings (SSSR count). The average Bonchev–Trinajstić information content (AvgIpc) is 2.59. The molecule has 0 N–H and O–H groups in total. The van der Waals surface area contributed by atoms with E-state index in [0.717, 1.165) is 0 Å². The fourth-order valence-electron chi connectivity index (χ4n) is 0.926. The maximum absolute atomic E-state index is 2.25. The fraction of sp³-hybridized carbons (Fsp3) is 0. The summed E-state index contributed by atoms with van der Waals surface area (Å²) in [6.07, 6.45) is 0. The average molecular weight is 239 g/mol. The van der Waals surface area contributed by atoms with Crippen LogP contribution in [0.1, 0.15) is 0 Å². The van der Waals surface area contributed by atoms with E-state index in [1.165, 1.54) is 8.66 Å². The Morgan fingerprint density at radius 3 is 2.42 bits per heavy atom. The van der Waals surface area contributed by atoms with Crippen LogP contribution in [0.15, 0.2) is 56.1 Å². The van der Waals surface area contributed by atoms with Gasteiger partial charge in [-0.1, -0.05) is 0 Å². The van der Waals surface area contributed by atoms with Crippen molar-refractivity contribution >= 4 is 26.3 Å². The van der Waals surface area contributed by atoms with E-state index in [1.54, 1.807) is 0 Å². The molecule has 60 valence electrons. The molecule has 0 bridgehead atoms. The summed E-state index contributed by atoms with van der Waals surface area (Å²) < 4.78 is 1.49. The molecule has 0 radical (unpaired) electrons. The second-order valence-corrected chi connectivity index (χ2v) is 6.03. The van der Waals surface area contributed by atoms with Crippen LogP contribution < -0.4 is 0 Å². The third-order valence-electron chi connectivity index (χ3n) is 1.46. The van der Waals surface area contributed by atoms with Crippen molar-refractivity contribution in [2.24, 2.45) is 0 Å². The van der Waals surface area contributed by atoms with Gasteiger partial charge < -0.3 is 0 Å². The SMILES string of the molecule is c1ccc(Sc2ccc[se]2)cc1. The van der Waals surface area contributed by atoms with E-state index in [2.05, 4.69) is 47.4 Å². The summed E-state index contributed by atoms with van der Waals surface area (Å²) >= 11 is 2.46. The predicted molar refractivity (Wildman–Crippen MR) is 53.9 cm³/mol. The van der Waals surface area contributed by atoms with Crippen molar-refractivity contribution < 1.29 is 0 Å². The Morgan fingerprint density at radius 1 is 0.917 bits per heavy atom. The van der Waals surface area contributed by atoms with Gasteiger partial charge in [-0.05, 0) is 0 Å². The van der Waals surface area contributed by atoms with Gasteiger partial charge in [0.25, 0.3) is 0 Å². The van der Waals surface area contributed by atoms with Crippen LogP contribution in [0.2, 0.25) is 0 Å². The summed E-state index contributed by atoms with van der Waals surface area (Å²) in [4.78, 5) is 3.59. The Balaban J connectivity index is 2.15. The van der Waals surface area contributed by atoms with Gasteiger partial charge in [0, 0.05) is 0 Å². The van der Waals surface area contributed by atoms with E-state index in [4.69, 9.17) is 0 Å². The van der Waals surface area contributed by atoms with Crippen LogP contribution in [0, 0.1) is 0 Å². The Kier molecular flexibility index (Phi) is 2.72. The zero-order valence-corrected chi connectivity index (χ0v) is 8.96. The van der Waals surface area contributed by atoms with Crippen molar-refractivity contribution in [1.82, 2.24) is 0 Å². The molecule has 0 nitrogen and oxygen atoms in total. The summed E-state index contributed by atoms with van der Waals surface area (Å²) in [6, 6.07) is 14.9. The second-order valence-electron chi connectivity index (χ2n) is 2.35. The third-order valence-corrected chi connectivity index (χ3v) is 4.71. The fourth-order valence-corrected chi connectivity index (χ4v) is 3.78. The minimum absolute atomic E-state index is 0.584. The molecule has 0 saturated heterocycles. The van der Waals surface area contributed by atoms with Crippen molar-refractivity contribution in [2.45, 2.75) is 8.66 Å². The van der Waals surface area contributed by atoms with Crippen molar-refractivity contribution in [1.29, 1.82) is 0 Å². The molecule has 0 aliphatic rings. The molecule has 0 atom stereocenters. The third kappa shape index (κ3) is 2.04. The molecule has 2 heteroatoms. The van der Waals surface area contributed by atoms with E-state index < -0.39 is 0 Å². The molecule has 12 heavy (non-hydrogen) atoms. The van der Waals surface area contributed by atoms with E-state index in [0.29, 0.717) is 14.5 Å². The van der Waals surface area contributed by atoms with Crippen LogP contribution in [0.5, 0.6) is 0 Å². The Bertz CT molecular complexity index is 326. The van der Waals surface area contributed by atoms with E-state index in [1.807, 2.05) is 11.8 Å². The molecular formula is C10H8SSe. The summed E-state index contributed by atoms with van der Waals surface area (Å²) in [7, 11) is 0. The molecule has 0 saturated carbocycles. The van der Waals surface area contributed by atoms with Gasteiger partial charge in [-0.2, -0.15) is 0 Å². The number of benzene rings is 1. The van der Waals surface area contributed by atoms with Gasteiger partial charge in [-0.25, -0.2) is 0 Å². The van der Waals surface area contributed by atoms with Crippen LogP contribution >= 0.6 is 11.8 Å². The van der Waals surface area contributed by atoms with Gasteiger partial charge >= 0.3 is 82.3 Å². The topological polar surface area (TPSA) is 0 Å². The first kappa shape index (κ1) is 8.18. The van der Waals surface area contributed by atoms with Gasteiger partial charge in [-0.3, -0.25) is 0 Å². The van der Waals surface area contributed by atoms with E-state index >= 15 is 0 Å². The quantitative estimate of drug-likeness (QED) is 0.726. The molecule has 0 fully saturated rings. The molecule has 0 amide bonds. The van der Waals surface area contributed by atoms with Gasteiger partial charge in [0.15, 0.2) is 0 Å². The van der Waals surface area contributed by atoms with E-state index in [-0.39, 0.29) is 0 Å². The maximum atomic E-state index is 2.25. The zero-order chi connectivity index (χ0) is 8.23. The summed E-state index contributed by atoms with van der Waals surface area (Å²) in [5.41, 5.74) is 0. The van der Waals surface area contributed by atoms with Crippen LogP contribution in [-0.2, 0) is 0 Å². The molecular weight excluding hydrogens is 231 g/mol. The van der Waals surface area contributed by atoms with Gasteiger partial charge in [0.1, 0.15) is 0 Å². The van der Waals surface area contributed by atoms with Crippen molar-refractivity contribution in [3.8, 4) is 0 Å². The van der Waals surface area contributed by atoms with Gasteiger partial charge in [0.2, 0.25) is 0 Å². The Labute approximate surface area is 82.4 Å². The first-order chi connectivity index (χ1) is 5.95. The number of hydrogen-bond acceptors (Lipinski definition) is 1. The summed E-state index contributed by atoms with van der Waals surface area (Å²) in [5.74, 6) is 0. The molecule has 1 aromatic carbocycles. The molecule has 0 unspecified atom stereocenters. The first-order valence-corrected chi connectivity index (χ1v) is 6.38. The molecule has 2 aromatic rings. The van der Waals surface area contributed by atoms with Crippen molar-refractivity contribution in [2.75, 3.05) is 0 Å². The standard InChI is InChI=1S/C10H8SSe/c1-2-5-9(6-3-1)11-10-7-4-8-12-10/h1-8H. The molecule has 1 aromatic heterocycles. The van der Waals surface area contributed by atoms with Crippen LogP contribution in [-0.4, -0.2) is 14.5 Å². The monoisotopic (exact) mass is 240 g/mol. The Hall–Kier alpha value is -0.431. The van der Waals surface area contributed by atoms with Crippen molar-refractivity contribution in [3.05, 3.63) is 47.4 Å². The molecule has 0 aliphatic heterocycles. The number of rotatable bonds is 2. The van der Waals surface area contributed by atoms with Gasteiger partial charge in [-0.15, -0.1) is 0 Å². The zero-order valence-electron chi connectivity index (χ0n) is 6.44. The van der Waals surface area contributed by atoms with Crippen LogP contribution in [0.25, 0.3) is 0 Å². The van der Waals surface area contributed by atoms with Crippen LogP contribution in [0.4, 0.5) is 0 Å². The number of hydrogen-bond donors (Lipinski definition) is 0. The van der Waals surface area contributed by atoms with E-state index in [9.17, 15) is 0 Å². The minimum atomic E-state index is 0.584. The summed E-state index contributed by atoms with van der Waals surface area (Å²) in [6.45, 7) is 0. The Morgan fingerprint density at radius 2 is 1.75 bits per heavy atom. The molecule has 1 heterocycles. The van der Waals surface area contributed by atoms with Crippen LogP contribution in [0.3, 0.4) is 0 Å². The summed E-state index contributed by atoms with van der Waals surface area (Å²) in [5, 5.41) is 0. The first-order valence-electron chi connectivity index (χ1n) is 3.71. The second kappa shape index (κ2) is 3.99. The normalized spacial score (nSPS) is 10.0. The predicted octanol–water partition coefficient (Wildman–Crippen LogP) is 2.89.